The van der Waals surface area contributed by atoms with Gasteiger partial charge in [0.05, 0.1) is 0 Å². The summed E-state index contributed by atoms with van der Waals surface area (Å²) in [7, 11) is 1.50. The monoisotopic (exact) mass is 227 g/mol. The minimum Gasteiger partial charge on any atom is -0.333 e. The highest BCUT2D eigenvalue weighted by molar-refractivity contribution is 5.31. The number of benzene rings is 2. The standard InChI is InChI=1S/C15H16.CH5N/c1-2-15(13-9-5-3-6-10-13)14-11-7-4-8-12-14;1-2/h3-12,15H,2H2,1H3;2H2,1H3. The second kappa shape index (κ2) is 7.64. The van der Waals surface area contributed by atoms with Gasteiger partial charge in [-0.15, -0.1) is 0 Å². The lowest BCUT2D eigenvalue weighted by Gasteiger charge is -2.15. The van der Waals surface area contributed by atoms with Gasteiger partial charge in [-0.1, -0.05) is 67.6 Å². The van der Waals surface area contributed by atoms with Gasteiger partial charge in [-0.3, -0.25) is 0 Å². The molecular formula is C16H21N. The molecule has 1 heteroatoms. The van der Waals surface area contributed by atoms with Crippen LogP contribution in [0.25, 0.3) is 0 Å². The summed E-state index contributed by atoms with van der Waals surface area (Å²) in [5, 5.41) is 0. The third kappa shape index (κ3) is 3.72. The molecule has 0 spiro atoms. The Morgan fingerprint density at radius 3 is 1.41 bits per heavy atom. The van der Waals surface area contributed by atoms with Crippen LogP contribution in [0.15, 0.2) is 60.7 Å². The molecule has 0 atom stereocenters. The van der Waals surface area contributed by atoms with Gasteiger partial charge in [0.25, 0.3) is 0 Å². The molecule has 0 radical (unpaired) electrons. The van der Waals surface area contributed by atoms with Crippen molar-refractivity contribution in [2.75, 3.05) is 7.05 Å². The van der Waals surface area contributed by atoms with E-state index in [0.29, 0.717) is 5.92 Å². The van der Waals surface area contributed by atoms with E-state index in [9.17, 15) is 0 Å². The lowest BCUT2D eigenvalue weighted by Crippen LogP contribution is -1.98. The van der Waals surface area contributed by atoms with E-state index in [1.165, 1.54) is 18.2 Å². The summed E-state index contributed by atoms with van der Waals surface area (Å²) < 4.78 is 0. The molecule has 90 valence electrons. The highest BCUT2D eigenvalue weighted by atomic mass is 14.4. The summed E-state index contributed by atoms with van der Waals surface area (Å²) in [5.41, 5.74) is 7.32. The SMILES string of the molecule is CCC(c1ccccc1)c1ccccc1.CN. The van der Waals surface area contributed by atoms with Crippen LogP contribution in [0.3, 0.4) is 0 Å². The minimum atomic E-state index is 0.535. The van der Waals surface area contributed by atoms with Gasteiger partial charge in [0.15, 0.2) is 0 Å². The fourth-order valence-corrected chi connectivity index (χ4v) is 2.03. The van der Waals surface area contributed by atoms with E-state index in [-0.39, 0.29) is 0 Å². The maximum absolute atomic E-state index is 4.50. The fourth-order valence-electron chi connectivity index (χ4n) is 2.03. The van der Waals surface area contributed by atoms with Gasteiger partial charge < -0.3 is 5.73 Å². The van der Waals surface area contributed by atoms with Gasteiger partial charge in [0, 0.05) is 5.92 Å². The van der Waals surface area contributed by atoms with Crippen molar-refractivity contribution in [3.05, 3.63) is 71.8 Å². The van der Waals surface area contributed by atoms with Crippen LogP contribution in [0.4, 0.5) is 0 Å². The molecule has 2 aromatic rings. The van der Waals surface area contributed by atoms with Crippen LogP contribution in [0.2, 0.25) is 0 Å². The second-order valence-electron chi connectivity index (χ2n) is 3.78. The molecule has 0 heterocycles. The lowest BCUT2D eigenvalue weighted by molar-refractivity contribution is 0.777. The van der Waals surface area contributed by atoms with Crippen LogP contribution in [0.5, 0.6) is 0 Å². The first-order chi connectivity index (χ1) is 8.42. The predicted molar refractivity (Wildman–Crippen MR) is 75.1 cm³/mol. The maximum atomic E-state index is 4.50. The molecule has 0 fully saturated rings. The number of hydrogen-bond acceptors (Lipinski definition) is 1. The van der Waals surface area contributed by atoms with Crippen LogP contribution < -0.4 is 5.73 Å². The van der Waals surface area contributed by atoms with E-state index in [1.54, 1.807) is 0 Å². The molecule has 0 aliphatic heterocycles. The van der Waals surface area contributed by atoms with Crippen molar-refractivity contribution in [1.82, 2.24) is 0 Å². The predicted octanol–water partition coefficient (Wildman–Crippen LogP) is 3.80. The zero-order valence-electron chi connectivity index (χ0n) is 10.6. The van der Waals surface area contributed by atoms with Crippen molar-refractivity contribution in [3.63, 3.8) is 0 Å². The second-order valence-corrected chi connectivity index (χ2v) is 3.78. The Morgan fingerprint density at radius 2 is 1.12 bits per heavy atom. The third-order valence-electron chi connectivity index (χ3n) is 2.81. The smallest absolute Gasteiger partial charge is 0.00867 e. The van der Waals surface area contributed by atoms with Crippen LogP contribution >= 0.6 is 0 Å². The van der Waals surface area contributed by atoms with Crippen molar-refractivity contribution in [2.45, 2.75) is 19.3 Å². The van der Waals surface area contributed by atoms with Gasteiger partial charge in [0.2, 0.25) is 0 Å². The molecule has 0 bridgehead atoms. The molecule has 0 aliphatic rings. The van der Waals surface area contributed by atoms with Crippen molar-refractivity contribution in [3.8, 4) is 0 Å². The summed E-state index contributed by atoms with van der Waals surface area (Å²) >= 11 is 0. The Bertz CT molecular complexity index is 355. The van der Waals surface area contributed by atoms with Crippen LogP contribution in [-0.2, 0) is 0 Å². The summed E-state index contributed by atoms with van der Waals surface area (Å²) in [6.07, 6.45) is 1.15. The largest absolute Gasteiger partial charge is 0.333 e. The van der Waals surface area contributed by atoms with E-state index in [0.717, 1.165) is 6.42 Å². The van der Waals surface area contributed by atoms with Crippen molar-refractivity contribution in [1.29, 1.82) is 0 Å². The third-order valence-corrected chi connectivity index (χ3v) is 2.81. The first kappa shape index (κ1) is 13.5. The van der Waals surface area contributed by atoms with Crippen LogP contribution in [0.1, 0.15) is 30.4 Å². The summed E-state index contributed by atoms with van der Waals surface area (Å²) in [6, 6.07) is 21.4. The molecule has 0 amide bonds. The van der Waals surface area contributed by atoms with E-state index in [1.807, 2.05) is 0 Å². The van der Waals surface area contributed by atoms with E-state index in [4.69, 9.17) is 0 Å². The van der Waals surface area contributed by atoms with Crippen molar-refractivity contribution < 1.29 is 0 Å². The maximum Gasteiger partial charge on any atom is 0.00867 e. The molecule has 0 aliphatic carbocycles. The Labute approximate surface area is 104 Å². The Morgan fingerprint density at radius 1 is 0.765 bits per heavy atom. The Balaban J connectivity index is 0.000000686. The molecule has 1 nitrogen and oxygen atoms in total. The number of rotatable bonds is 3. The molecule has 2 aromatic carbocycles. The molecule has 17 heavy (non-hydrogen) atoms. The molecular weight excluding hydrogens is 206 g/mol. The molecule has 2 rings (SSSR count). The molecule has 2 N–H and O–H groups in total. The molecule has 0 unspecified atom stereocenters. The number of hydrogen-bond donors (Lipinski definition) is 1. The zero-order chi connectivity index (χ0) is 12.5. The van der Waals surface area contributed by atoms with Gasteiger partial charge in [-0.25, -0.2) is 0 Å². The van der Waals surface area contributed by atoms with Gasteiger partial charge in [-0.05, 0) is 24.6 Å². The Hall–Kier alpha value is -1.60. The van der Waals surface area contributed by atoms with Crippen molar-refractivity contribution in [2.24, 2.45) is 5.73 Å². The summed E-state index contributed by atoms with van der Waals surface area (Å²) in [4.78, 5) is 0. The minimum absolute atomic E-state index is 0.535. The van der Waals surface area contributed by atoms with E-state index in [2.05, 4.69) is 73.3 Å². The lowest BCUT2D eigenvalue weighted by atomic mass is 9.89. The normalized spacial score (nSPS) is 9.65. The van der Waals surface area contributed by atoms with Crippen LogP contribution in [0, 0.1) is 0 Å². The van der Waals surface area contributed by atoms with Gasteiger partial charge >= 0.3 is 0 Å². The average Bonchev–Trinajstić information content (AvgIpc) is 2.44. The number of nitrogens with two attached hydrogens (primary N) is 1. The van der Waals surface area contributed by atoms with E-state index < -0.39 is 0 Å². The van der Waals surface area contributed by atoms with E-state index >= 15 is 0 Å². The van der Waals surface area contributed by atoms with Crippen LogP contribution in [-0.4, -0.2) is 7.05 Å². The first-order valence-electron chi connectivity index (χ1n) is 6.09. The molecule has 0 saturated heterocycles. The summed E-state index contributed by atoms with van der Waals surface area (Å²) in [6.45, 7) is 2.24. The average molecular weight is 227 g/mol. The van der Waals surface area contributed by atoms with Gasteiger partial charge in [0.1, 0.15) is 0 Å². The summed E-state index contributed by atoms with van der Waals surface area (Å²) in [5.74, 6) is 0.535. The molecule has 0 aromatic heterocycles. The highest BCUT2D eigenvalue weighted by Crippen LogP contribution is 2.26. The van der Waals surface area contributed by atoms with Gasteiger partial charge in [-0.2, -0.15) is 0 Å². The fraction of sp³-hybridized carbons (Fsp3) is 0.250. The Kier molecular flexibility index (Phi) is 6.05. The van der Waals surface area contributed by atoms with Crippen molar-refractivity contribution >= 4 is 0 Å². The first-order valence-corrected chi connectivity index (χ1v) is 6.09. The quantitative estimate of drug-likeness (QED) is 0.848. The topological polar surface area (TPSA) is 26.0 Å². The molecule has 0 saturated carbocycles. The zero-order valence-corrected chi connectivity index (χ0v) is 10.6. The highest BCUT2D eigenvalue weighted by Gasteiger charge is 2.10.